The van der Waals surface area contributed by atoms with E-state index in [4.69, 9.17) is 4.74 Å². The van der Waals surface area contributed by atoms with Crippen molar-refractivity contribution >= 4 is 0 Å². The maximum atomic E-state index is 10.3. The average molecular weight is 186 g/mol. The Morgan fingerprint density at radius 2 is 2.15 bits per heavy atom. The highest BCUT2D eigenvalue weighted by molar-refractivity contribution is 4.87. The zero-order valence-corrected chi connectivity index (χ0v) is 9.05. The summed E-state index contributed by atoms with van der Waals surface area (Å²) in [6, 6.07) is 0. The van der Waals surface area contributed by atoms with Crippen molar-refractivity contribution in [3.63, 3.8) is 0 Å². The molecular weight excluding hydrogens is 164 g/mol. The van der Waals surface area contributed by atoms with E-state index < -0.39 is 5.60 Å². The Kier molecular flexibility index (Phi) is 3.74. The minimum atomic E-state index is -0.553. The molecule has 1 fully saturated rings. The van der Waals surface area contributed by atoms with E-state index in [0.717, 1.165) is 19.3 Å². The van der Waals surface area contributed by atoms with Crippen molar-refractivity contribution in [2.45, 2.75) is 58.2 Å². The molecule has 1 saturated carbocycles. The largest absolute Gasteiger partial charge is 0.387 e. The Labute approximate surface area is 81.3 Å². The van der Waals surface area contributed by atoms with E-state index in [9.17, 15) is 5.11 Å². The van der Waals surface area contributed by atoms with Crippen LogP contribution in [0.15, 0.2) is 0 Å². The summed E-state index contributed by atoms with van der Waals surface area (Å²) in [4.78, 5) is 0. The highest BCUT2D eigenvalue weighted by Crippen LogP contribution is 2.33. The molecule has 1 rings (SSSR count). The van der Waals surface area contributed by atoms with Crippen molar-refractivity contribution < 1.29 is 9.84 Å². The summed E-state index contributed by atoms with van der Waals surface area (Å²) < 4.78 is 5.50. The van der Waals surface area contributed by atoms with Gasteiger partial charge in [-0.15, -0.1) is 0 Å². The molecule has 0 heterocycles. The van der Waals surface area contributed by atoms with E-state index >= 15 is 0 Å². The average Bonchev–Trinajstić information content (AvgIpc) is 2.07. The van der Waals surface area contributed by atoms with Crippen LogP contribution in [0.5, 0.6) is 0 Å². The highest BCUT2D eigenvalue weighted by atomic mass is 16.5. The molecule has 1 aliphatic carbocycles. The fourth-order valence-electron chi connectivity index (χ4n) is 1.92. The van der Waals surface area contributed by atoms with Gasteiger partial charge in [0, 0.05) is 0 Å². The summed E-state index contributed by atoms with van der Waals surface area (Å²) in [6.45, 7) is 6.66. The molecule has 2 heteroatoms. The van der Waals surface area contributed by atoms with Crippen LogP contribution < -0.4 is 0 Å². The lowest BCUT2D eigenvalue weighted by Crippen LogP contribution is -2.44. The van der Waals surface area contributed by atoms with Crippen molar-refractivity contribution in [2.24, 2.45) is 5.92 Å². The van der Waals surface area contributed by atoms with Gasteiger partial charge in [-0.1, -0.05) is 19.8 Å². The lowest BCUT2D eigenvalue weighted by atomic mass is 9.77. The first-order chi connectivity index (χ1) is 6.04. The predicted molar refractivity (Wildman–Crippen MR) is 53.7 cm³/mol. The summed E-state index contributed by atoms with van der Waals surface area (Å²) >= 11 is 0. The first-order valence-corrected chi connectivity index (χ1v) is 5.38. The number of hydrogen-bond donors (Lipinski definition) is 1. The molecule has 0 bridgehead atoms. The Hall–Kier alpha value is -0.0800. The zero-order valence-electron chi connectivity index (χ0n) is 9.05. The normalized spacial score (nSPS) is 35.3. The van der Waals surface area contributed by atoms with Gasteiger partial charge < -0.3 is 9.84 Å². The van der Waals surface area contributed by atoms with Crippen LogP contribution >= 0.6 is 0 Å². The van der Waals surface area contributed by atoms with E-state index in [1.165, 1.54) is 6.42 Å². The van der Waals surface area contributed by atoms with E-state index in [1.54, 1.807) is 0 Å². The molecule has 0 aromatic heterocycles. The monoisotopic (exact) mass is 186 g/mol. The van der Waals surface area contributed by atoms with E-state index in [0.29, 0.717) is 12.5 Å². The third-order valence-electron chi connectivity index (χ3n) is 3.08. The van der Waals surface area contributed by atoms with E-state index in [1.807, 2.05) is 13.8 Å². The second kappa shape index (κ2) is 4.43. The van der Waals surface area contributed by atoms with E-state index in [-0.39, 0.29) is 6.10 Å². The molecule has 0 aliphatic heterocycles. The van der Waals surface area contributed by atoms with Crippen LogP contribution in [0.1, 0.15) is 46.5 Å². The lowest BCUT2D eigenvalue weighted by Gasteiger charge is -2.38. The molecule has 0 radical (unpaired) electrons. The van der Waals surface area contributed by atoms with Gasteiger partial charge in [-0.05, 0) is 32.6 Å². The number of rotatable bonds is 3. The second-order valence-electron chi connectivity index (χ2n) is 4.61. The molecule has 0 amide bonds. The Bertz CT molecular complexity index is 156. The molecule has 1 N–H and O–H groups in total. The number of ether oxygens (including phenoxy) is 1. The van der Waals surface area contributed by atoms with Crippen LogP contribution in [0, 0.1) is 5.92 Å². The van der Waals surface area contributed by atoms with Gasteiger partial charge in [0.05, 0.1) is 18.3 Å². The first kappa shape index (κ1) is 11.0. The lowest BCUT2D eigenvalue weighted by molar-refractivity contribution is -0.112. The molecule has 2 atom stereocenters. The standard InChI is InChI=1S/C11H22O2/c1-9(2)13-8-11(12)7-5-4-6-10(11)3/h9-10,12H,4-8H2,1-3H3. The molecule has 2 unspecified atom stereocenters. The van der Waals surface area contributed by atoms with Gasteiger partial charge in [0.25, 0.3) is 0 Å². The molecule has 78 valence electrons. The molecule has 0 saturated heterocycles. The van der Waals surface area contributed by atoms with Crippen molar-refractivity contribution in [3.05, 3.63) is 0 Å². The van der Waals surface area contributed by atoms with Gasteiger partial charge in [0.2, 0.25) is 0 Å². The highest BCUT2D eigenvalue weighted by Gasteiger charge is 2.36. The summed E-state index contributed by atoms with van der Waals surface area (Å²) in [5.74, 6) is 0.389. The van der Waals surface area contributed by atoms with Gasteiger partial charge in [0.1, 0.15) is 0 Å². The van der Waals surface area contributed by atoms with Gasteiger partial charge in [-0.2, -0.15) is 0 Å². The summed E-state index contributed by atoms with van der Waals surface area (Å²) in [5.41, 5.74) is -0.553. The van der Waals surface area contributed by atoms with Crippen molar-refractivity contribution in [3.8, 4) is 0 Å². The Morgan fingerprint density at radius 3 is 2.69 bits per heavy atom. The maximum absolute atomic E-state index is 10.3. The molecule has 2 nitrogen and oxygen atoms in total. The van der Waals surface area contributed by atoms with Crippen molar-refractivity contribution in [1.29, 1.82) is 0 Å². The predicted octanol–water partition coefficient (Wildman–Crippen LogP) is 2.35. The molecule has 13 heavy (non-hydrogen) atoms. The van der Waals surface area contributed by atoms with Crippen LogP contribution in [0.2, 0.25) is 0 Å². The molecule has 1 aliphatic rings. The number of aliphatic hydroxyl groups is 1. The second-order valence-corrected chi connectivity index (χ2v) is 4.61. The Morgan fingerprint density at radius 1 is 1.46 bits per heavy atom. The van der Waals surface area contributed by atoms with Gasteiger partial charge in [-0.25, -0.2) is 0 Å². The Balaban J connectivity index is 2.42. The molecule has 0 aromatic rings. The van der Waals surface area contributed by atoms with E-state index in [2.05, 4.69) is 6.92 Å². The van der Waals surface area contributed by atoms with Crippen LogP contribution in [-0.4, -0.2) is 23.4 Å². The first-order valence-electron chi connectivity index (χ1n) is 5.38. The fourth-order valence-corrected chi connectivity index (χ4v) is 1.92. The third-order valence-corrected chi connectivity index (χ3v) is 3.08. The minimum Gasteiger partial charge on any atom is -0.387 e. The topological polar surface area (TPSA) is 29.5 Å². The van der Waals surface area contributed by atoms with Crippen LogP contribution in [0.3, 0.4) is 0 Å². The third kappa shape index (κ3) is 2.96. The quantitative estimate of drug-likeness (QED) is 0.733. The van der Waals surface area contributed by atoms with Crippen LogP contribution in [0.4, 0.5) is 0 Å². The summed E-state index contributed by atoms with van der Waals surface area (Å²) in [6.07, 6.45) is 4.66. The maximum Gasteiger partial charge on any atom is 0.0905 e. The molecule has 0 spiro atoms. The molecule has 0 aromatic carbocycles. The van der Waals surface area contributed by atoms with Gasteiger partial charge in [0.15, 0.2) is 0 Å². The van der Waals surface area contributed by atoms with Gasteiger partial charge >= 0.3 is 0 Å². The van der Waals surface area contributed by atoms with Crippen molar-refractivity contribution in [2.75, 3.05) is 6.61 Å². The SMILES string of the molecule is CC(C)OCC1(O)CCCCC1C. The van der Waals surface area contributed by atoms with Gasteiger partial charge in [-0.3, -0.25) is 0 Å². The minimum absolute atomic E-state index is 0.221. The summed E-state index contributed by atoms with van der Waals surface area (Å²) in [7, 11) is 0. The zero-order chi connectivity index (χ0) is 9.90. The summed E-state index contributed by atoms with van der Waals surface area (Å²) in [5, 5.41) is 10.3. The number of hydrogen-bond acceptors (Lipinski definition) is 2. The smallest absolute Gasteiger partial charge is 0.0905 e. The molecular formula is C11H22O2. The van der Waals surface area contributed by atoms with Crippen molar-refractivity contribution in [1.82, 2.24) is 0 Å². The fraction of sp³-hybridized carbons (Fsp3) is 1.00. The van der Waals surface area contributed by atoms with Crippen LogP contribution in [-0.2, 0) is 4.74 Å². The van der Waals surface area contributed by atoms with Crippen LogP contribution in [0.25, 0.3) is 0 Å².